The van der Waals surface area contributed by atoms with Gasteiger partial charge in [-0.05, 0) is 33.1 Å². The Labute approximate surface area is 87.2 Å². The van der Waals surface area contributed by atoms with Crippen LogP contribution in [0.25, 0.3) is 0 Å². The second-order valence-corrected chi connectivity index (χ2v) is 4.24. The lowest BCUT2D eigenvalue weighted by Crippen LogP contribution is -2.31. The van der Waals surface area contributed by atoms with Gasteiger partial charge in [-0.1, -0.05) is 0 Å². The highest BCUT2D eigenvalue weighted by Gasteiger charge is 2.23. The van der Waals surface area contributed by atoms with Gasteiger partial charge in [-0.15, -0.1) is 0 Å². The molecule has 0 saturated heterocycles. The molecule has 0 bridgehead atoms. The van der Waals surface area contributed by atoms with Crippen molar-refractivity contribution in [2.24, 2.45) is 0 Å². The van der Waals surface area contributed by atoms with Crippen LogP contribution in [0.1, 0.15) is 33.1 Å². The maximum absolute atomic E-state index is 5.46. The first-order valence-corrected chi connectivity index (χ1v) is 5.60. The van der Waals surface area contributed by atoms with Gasteiger partial charge in [-0.25, -0.2) is 0 Å². The van der Waals surface area contributed by atoms with Crippen LogP contribution in [0.5, 0.6) is 0 Å². The topological polar surface area (TPSA) is 30.5 Å². The van der Waals surface area contributed by atoms with Gasteiger partial charge in [-0.3, -0.25) is 0 Å². The highest BCUT2D eigenvalue weighted by Crippen LogP contribution is 2.20. The van der Waals surface area contributed by atoms with Gasteiger partial charge in [0.2, 0.25) is 0 Å². The molecule has 0 spiro atoms. The van der Waals surface area contributed by atoms with Crippen LogP contribution in [0.2, 0.25) is 0 Å². The number of ether oxygens (including phenoxy) is 2. The Morgan fingerprint density at radius 3 is 2.71 bits per heavy atom. The third-order valence-electron chi connectivity index (χ3n) is 2.70. The molecule has 1 aliphatic rings. The molecule has 2 unspecified atom stereocenters. The van der Waals surface area contributed by atoms with Crippen LogP contribution < -0.4 is 5.32 Å². The fourth-order valence-corrected chi connectivity index (χ4v) is 1.90. The van der Waals surface area contributed by atoms with Gasteiger partial charge in [0, 0.05) is 19.7 Å². The van der Waals surface area contributed by atoms with E-state index in [9.17, 15) is 0 Å². The zero-order chi connectivity index (χ0) is 10.4. The lowest BCUT2D eigenvalue weighted by atomic mass is 10.2. The standard InChI is InChI=1S/C11H23NO2/c1-9(2)14-7-6-12-10-4-5-11(8-10)13-3/h9-12H,4-8H2,1-3H3. The van der Waals surface area contributed by atoms with Gasteiger partial charge in [0.05, 0.1) is 18.8 Å². The Morgan fingerprint density at radius 1 is 1.36 bits per heavy atom. The smallest absolute Gasteiger partial charge is 0.0594 e. The van der Waals surface area contributed by atoms with Gasteiger partial charge in [0.25, 0.3) is 0 Å². The van der Waals surface area contributed by atoms with E-state index >= 15 is 0 Å². The zero-order valence-electron chi connectivity index (χ0n) is 9.58. The van der Waals surface area contributed by atoms with Gasteiger partial charge >= 0.3 is 0 Å². The largest absolute Gasteiger partial charge is 0.381 e. The Kier molecular flexibility index (Phi) is 5.45. The number of hydrogen-bond acceptors (Lipinski definition) is 3. The average molecular weight is 201 g/mol. The third kappa shape index (κ3) is 4.40. The molecule has 0 aromatic rings. The summed E-state index contributed by atoms with van der Waals surface area (Å²) < 4.78 is 10.8. The van der Waals surface area contributed by atoms with Crippen molar-refractivity contribution in [3.8, 4) is 0 Å². The summed E-state index contributed by atoms with van der Waals surface area (Å²) in [5, 5.41) is 3.50. The second kappa shape index (κ2) is 6.38. The lowest BCUT2D eigenvalue weighted by Gasteiger charge is -2.13. The predicted octanol–water partition coefficient (Wildman–Crippen LogP) is 1.57. The summed E-state index contributed by atoms with van der Waals surface area (Å²) in [6.45, 7) is 5.90. The summed E-state index contributed by atoms with van der Waals surface area (Å²) in [4.78, 5) is 0. The van der Waals surface area contributed by atoms with Crippen molar-refractivity contribution in [3.05, 3.63) is 0 Å². The van der Waals surface area contributed by atoms with E-state index in [1.54, 1.807) is 7.11 Å². The van der Waals surface area contributed by atoms with Crippen molar-refractivity contribution in [2.45, 2.75) is 51.4 Å². The normalized spacial score (nSPS) is 27.4. The molecule has 0 heterocycles. The summed E-state index contributed by atoms with van der Waals surface area (Å²) >= 11 is 0. The van der Waals surface area contributed by atoms with Gasteiger partial charge in [0.1, 0.15) is 0 Å². The van der Waals surface area contributed by atoms with Crippen LogP contribution in [-0.4, -0.2) is 38.5 Å². The van der Waals surface area contributed by atoms with Crippen molar-refractivity contribution in [3.63, 3.8) is 0 Å². The van der Waals surface area contributed by atoms with Gasteiger partial charge in [0.15, 0.2) is 0 Å². The molecule has 0 aromatic heterocycles. The van der Waals surface area contributed by atoms with E-state index < -0.39 is 0 Å². The monoisotopic (exact) mass is 201 g/mol. The maximum atomic E-state index is 5.46. The van der Waals surface area contributed by atoms with E-state index in [2.05, 4.69) is 19.2 Å². The van der Waals surface area contributed by atoms with Crippen molar-refractivity contribution in [1.82, 2.24) is 5.32 Å². The van der Waals surface area contributed by atoms with E-state index in [1.165, 1.54) is 12.8 Å². The number of hydrogen-bond donors (Lipinski definition) is 1. The molecule has 2 atom stereocenters. The van der Waals surface area contributed by atoms with E-state index in [-0.39, 0.29) is 0 Å². The molecule has 0 amide bonds. The molecule has 1 rings (SSSR count). The minimum absolute atomic E-state index is 0.340. The van der Waals surface area contributed by atoms with Crippen LogP contribution in [0.15, 0.2) is 0 Å². The predicted molar refractivity (Wildman–Crippen MR) is 57.5 cm³/mol. The molecule has 1 aliphatic carbocycles. The lowest BCUT2D eigenvalue weighted by molar-refractivity contribution is 0.0781. The molecule has 1 N–H and O–H groups in total. The molecule has 3 heteroatoms. The molecule has 3 nitrogen and oxygen atoms in total. The minimum Gasteiger partial charge on any atom is -0.381 e. The molecule has 1 fully saturated rings. The maximum Gasteiger partial charge on any atom is 0.0594 e. The quantitative estimate of drug-likeness (QED) is 0.662. The zero-order valence-corrected chi connectivity index (χ0v) is 9.58. The molecule has 0 radical (unpaired) electrons. The van der Waals surface area contributed by atoms with E-state index in [0.717, 1.165) is 19.6 Å². The first-order valence-electron chi connectivity index (χ1n) is 5.60. The first kappa shape index (κ1) is 12.0. The molecule has 14 heavy (non-hydrogen) atoms. The van der Waals surface area contributed by atoms with Crippen LogP contribution in [0, 0.1) is 0 Å². The molecule has 0 aliphatic heterocycles. The number of methoxy groups -OCH3 is 1. The average Bonchev–Trinajstić information content (AvgIpc) is 2.60. The second-order valence-electron chi connectivity index (χ2n) is 4.24. The summed E-state index contributed by atoms with van der Waals surface area (Å²) in [6, 6.07) is 0.635. The number of nitrogens with one attached hydrogen (secondary N) is 1. The van der Waals surface area contributed by atoms with Crippen molar-refractivity contribution in [2.75, 3.05) is 20.3 Å². The van der Waals surface area contributed by atoms with Crippen LogP contribution in [0.3, 0.4) is 0 Å². The summed E-state index contributed by atoms with van der Waals surface area (Å²) in [7, 11) is 1.80. The molecule has 1 saturated carbocycles. The van der Waals surface area contributed by atoms with Crippen LogP contribution >= 0.6 is 0 Å². The summed E-state index contributed by atoms with van der Waals surface area (Å²) in [5.74, 6) is 0. The van der Waals surface area contributed by atoms with E-state index in [0.29, 0.717) is 18.2 Å². The van der Waals surface area contributed by atoms with E-state index in [4.69, 9.17) is 9.47 Å². The summed E-state index contributed by atoms with van der Waals surface area (Å²) in [6.07, 6.45) is 4.39. The molecular weight excluding hydrogens is 178 g/mol. The van der Waals surface area contributed by atoms with Crippen molar-refractivity contribution >= 4 is 0 Å². The van der Waals surface area contributed by atoms with Gasteiger partial charge in [-0.2, -0.15) is 0 Å². The molecule has 84 valence electrons. The Hall–Kier alpha value is -0.120. The highest BCUT2D eigenvalue weighted by atomic mass is 16.5. The Balaban J connectivity index is 1.97. The van der Waals surface area contributed by atoms with Gasteiger partial charge < -0.3 is 14.8 Å². The van der Waals surface area contributed by atoms with Crippen molar-refractivity contribution in [1.29, 1.82) is 0 Å². The highest BCUT2D eigenvalue weighted by molar-refractivity contribution is 4.80. The fourth-order valence-electron chi connectivity index (χ4n) is 1.90. The molecule has 0 aromatic carbocycles. The van der Waals surface area contributed by atoms with Crippen molar-refractivity contribution < 1.29 is 9.47 Å². The number of rotatable bonds is 6. The SMILES string of the molecule is COC1CCC(NCCOC(C)C)C1. The molecular formula is C11H23NO2. The minimum atomic E-state index is 0.340. The first-order chi connectivity index (χ1) is 6.72. The van der Waals surface area contributed by atoms with E-state index in [1.807, 2.05) is 0 Å². The fraction of sp³-hybridized carbons (Fsp3) is 1.00. The van der Waals surface area contributed by atoms with Crippen LogP contribution in [0.4, 0.5) is 0 Å². The third-order valence-corrected chi connectivity index (χ3v) is 2.70. The Bertz CT molecular complexity index is 150. The van der Waals surface area contributed by atoms with Crippen LogP contribution in [-0.2, 0) is 9.47 Å². The Morgan fingerprint density at radius 2 is 2.14 bits per heavy atom. The summed E-state index contributed by atoms with van der Waals surface area (Å²) in [5.41, 5.74) is 0.